The Kier molecular flexibility index (Phi) is 5.13. The van der Waals surface area contributed by atoms with Crippen molar-refractivity contribution in [1.29, 1.82) is 0 Å². The molecule has 7 nitrogen and oxygen atoms in total. The molecule has 8 heteroatoms. The fraction of sp³-hybridized carbons (Fsp3) is 0.111. The number of imide groups is 2. The number of halogens is 1. The van der Waals surface area contributed by atoms with Crippen LogP contribution >= 0.6 is 15.9 Å². The summed E-state index contributed by atoms with van der Waals surface area (Å²) < 4.78 is 6.00. The van der Waals surface area contributed by atoms with E-state index < -0.39 is 23.8 Å². The van der Waals surface area contributed by atoms with E-state index in [1.165, 1.54) is 19.4 Å². The van der Waals surface area contributed by atoms with Crippen LogP contribution < -0.4 is 15.0 Å². The van der Waals surface area contributed by atoms with E-state index in [-0.39, 0.29) is 0 Å². The summed E-state index contributed by atoms with van der Waals surface area (Å²) in [5, 5.41) is 2.18. The van der Waals surface area contributed by atoms with Gasteiger partial charge < -0.3 is 4.74 Å². The number of carbonyl (C=O) groups excluding carboxylic acids is 3. The quantitative estimate of drug-likeness (QED) is 0.613. The second-order valence-corrected chi connectivity index (χ2v) is 6.32. The number of urea groups is 1. The number of aliphatic imine (C=N–C) groups is 1. The smallest absolute Gasteiger partial charge is 0.335 e. The predicted molar refractivity (Wildman–Crippen MR) is 99.8 cm³/mol. The number of rotatable bonds is 4. The van der Waals surface area contributed by atoms with E-state index in [2.05, 4.69) is 26.2 Å². The van der Waals surface area contributed by atoms with Gasteiger partial charge in [-0.3, -0.25) is 19.9 Å². The first kappa shape index (κ1) is 17.8. The number of ether oxygens (including phenoxy) is 1. The van der Waals surface area contributed by atoms with Crippen molar-refractivity contribution < 1.29 is 19.1 Å². The Balaban J connectivity index is 1.88. The molecule has 1 N–H and O–H groups in total. The molecule has 132 valence electrons. The van der Waals surface area contributed by atoms with Crippen LogP contribution in [0.4, 0.5) is 16.2 Å². The van der Waals surface area contributed by atoms with E-state index in [1.54, 1.807) is 42.5 Å². The highest BCUT2D eigenvalue weighted by molar-refractivity contribution is 9.10. The summed E-state index contributed by atoms with van der Waals surface area (Å²) in [7, 11) is 1.48. The van der Waals surface area contributed by atoms with Crippen molar-refractivity contribution in [3.63, 3.8) is 0 Å². The normalized spacial score (nSPS) is 17.5. The van der Waals surface area contributed by atoms with Crippen molar-refractivity contribution in [1.82, 2.24) is 5.32 Å². The maximum absolute atomic E-state index is 12.7. The summed E-state index contributed by atoms with van der Waals surface area (Å²) in [6.45, 7) is 0. The summed E-state index contributed by atoms with van der Waals surface area (Å²) in [5.74, 6) is -2.10. The molecule has 0 unspecified atom stereocenters. The molecule has 1 aliphatic rings. The Morgan fingerprint density at radius 1 is 1.15 bits per heavy atom. The summed E-state index contributed by atoms with van der Waals surface area (Å²) in [6.07, 6.45) is 1.24. The number of nitrogens with one attached hydrogen (secondary N) is 1. The maximum atomic E-state index is 12.7. The average Bonchev–Trinajstić information content (AvgIpc) is 2.63. The monoisotopic (exact) mass is 415 g/mol. The molecular weight excluding hydrogens is 402 g/mol. The van der Waals surface area contributed by atoms with Crippen LogP contribution in [-0.4, -0.2) is 31.2 Å². The number of barbiturate groups is 1. The number of anilines is 1. The molecule has 1 atom stereocenters. The van der Waals surface area contributed by atoms with Crippen LogP contribution in [0.15, 0.2) is 58.0 Å². The van der Waals surface area contributed by atoms with Gasteiger partial charge in [0.1, 0.15) is 5.75 Å². The van der Waals surface area contributed by atoms with Gasteiger partial charge in [-0.05, 0) is 36.4 Å². The molecule has 4 amide bonds. The Morgan fingerprint density at radius 3 is 2.58 bits per heavy atom. The van der Waals surface area contributed by atoms with E-state index in [9.17, 15) is 14.4 Å². The molecule has 2 aromatic rings. The van der Waals surface area contributed by atoms with Crippen molar-refractivity contribution in [3.05, 3.63) is 53.0 Å². The maximum Gasteiger partial charge on any atom is 0.335 e. The van der Waals surface area contributed by atoms with Crippen LogP contribution in [0, 0.1) is 5.92 Å². The highest BCUT2D eigenvalue weighted by Crippen LogP contribution is 2.25. The summed E-state index contributed by atoms with van der Waals surface area (Å²) in [6, 6.07) is 12.7. The third-order valence-corrected chi connectivity index (χ3v) is 4.24. The first-order chi connectivity index (χ1) is 12.5. The van der Waals surface area contributed by atoms with Crippen molar-refractivity contribution in [2.45, 2.75) is 0 Å². The van der Waals surface area contributed by atoms with Gasteiger partial charge in [0.05, 0.1) is 18.5 Å². The van der Waals surface area contributed by atoms with Crippen LogP contribution in [-0.2, 0) is 9.59 Å². The first-order valence-corrected chi connectivity index (χ1v) is 8.41. The molecule has 1 saturated heterocycles. The van der Waals surface area contributed by atoms with E-state index in [0.29, 0.717) is 17.1 Å². The average molecular weight is 416 g/mol. The van der Waals surface area contributed by atoms with Gasteiger partial charge in [-0.15, -0.1) is 0 Å². The summed E-state index contributed by atoms with van der Waals surface area (Å²) in [5.41, 5.74) is 0.889. The Labute approximate surface area is 157 Å². The van der Waals surface area contributed by atoms with Crippen molar-refractivity contribution in [2.24, 2.45) is 10.9 Å². The molecule has 0 radical (unpaired) electrons. The molecule has 2 aromatic carbocycles. The van der Waals surface area contributed by atoms with E-state index in [0.717, 1.165) is 9.37 Å². The fourth-order valence-corrected chi connectivity index (χ4v) is 2.67. The van der Waals surface area contributed by atoms with Gasteiger partial charge in [0, 0.05) is 16.8 Å². The van der Waals surface area contributed by atoms with Crippen LogP contribution in [0.3, 0.4) is 0 Å². The lowest BCUT2D eigenvalue weighted by Gasteiger charge is -2.28. The van der Waals surface area contributed by atoms with Gasteiger partial charge in [-0.25, -0.2) is 9.69 Å². The van der Waals surface area contributed by atoms with Gasteiger partial charge in [0.2, 0.25) is 5.91 Å². The van der Waals surface area contributed by atoms with Crippen molar-refractivity contribution >= 4 is 51.4 Å². The van der Waals surface area contributed by atoms with Crippen LogP contribution in [0.25, 0.3) is 0 Å². The van der Waals surface area contributed by atoms with Gasteiger partial charge in [-0.2, -0.15) is 0 Å². The third kappa shape index (κ3) is 3.65. The minimum Gasteiger partial charge on any atom is -0.497 e. The standard InChI is InChI=1S/C18H14BrN3O4/c1-26-14-4-2-3-13(9-14)22-17(24)15(16(23)21-18(22)25)10-20-12-7-5-11(19)6-8-12/h2-10,15H,1H3,(H,21,23,25)/t15-/m1/s1. The number of hydrogen-bond acceptors (Lipinski definition) is 5. The van der Waals surface area contributed by atoms with Crippen LogP contribution in [0.1, 0.15) is 0 Å². The molecule has 0 aliphatic carbocycles. The Bertz CT molecular complexity index is 896. The summed E-state index contributed by atoms with van der Waals surface area (Å²) >= 11 is 3.32. The van der Waals surface area contributed by atoms with Gasteiger partial charge in [0.15, 0.2) is 5.92 Å². The molecule has 1 fully saturated rings. The van der Waals surface area contributed by atoms with Crippen molar-refractivity contribution in [2.75, 3.05) is 12.0 Å². The lowest BCUT2D eigenvalue weighted by molar-refractivity contribution is -0.131. The highest BCUT2D eigenvalue weighted by Gasteiger charge is 2.40. The highest BCUT2D eigenvalue weighted by atomic mass is 79.9. The number of carbonyl (C=O) groups is 3. The largest absolute Gasteiger partial charge is 0.497 e. The zero-order valence-corrected chi connectivity index (χ0v) is 15.3. The molecule has 0 saturated carbocycles. The topological polar surface area (TPSA) is 88.1 Å². The van der Waals surface area contributed by atoms with Gasteiger partial charge in [-0.1, -0.05) is 22.0 Å². The molecule has 1 heterocycles. The second-order valence-electron chi connectivity index (χ2n) is 5.40. The lowest BCUT2D eigenvalue weighted by atomic mass is 10.1. The zero-order chi connectivity index (χ0) is 18.7. The predicted octanol–water partition coefficient (Wildman–Crippen LogP) is 3.06. The minimum atomic E-state index is -1.21. The molecule has 0 aromatic heterocycles. The van der Waals surface area contributed by atoms with Gasteiger partial charge >= 0.3 is 6.03 Å². The number of methoxy groups -OCH3 is 1. The van der Waals surface area contributed by atoms with Crippen molar-refractivity contribution in [3.8, 4) is 5.75 Å². The van der Waals surface area contributed by atoms with Crippen LogP contribution in [0.2, 0.25) is 0 Å². The Morgan fingerprint density at radius 2 is 1.88 bits per heavy atom. The molecule has 0 bridgehead atoms. The lowest BCUT2D eigenvalue weighted by Crippen LogP contribution is -2.58. The van der Waals surface area contributed by atoms with E-state index >= 15 is 0 Å². The number of nitrogens with zero attached hydrogens (tertiary/aromatic N) is 2. The number of amides is 4. The summed E-state index contributed by atoms with van der Waals surface area (Å²) in [4.78, 5) is 42.0. The first-order valence-electron chi connectivity index (χ1n) is 7.62. The van der Waals surface area contributed by atoms with Crippen LogP contribution in [0.5, 0.6) is 5.75 Å². The SMILES string of the molecule is COc1cccc(N2C(=O)NC(=O)[C@@H](C=Nc3ccc(Br)cc3)C2=O)c1. The molecule has 3 rings (SSSR count). The zero-order valence-electron chi connectivity index (χ0n) is 13.7. The molecule has 0 spiro atoms. The number of hydrogen-bond donors (Lipinski definition) is 1. The number of benzene rings is 2. The third-order valence-electron chi connectivity index (χ3n) is 3.71. The molecular formula is C18H14BrN3O4. The van der Waals surface area contributed by atoms with E-state index in [1.807, 2.05) is 0 Å². The second kappa shape index (κ2) is 7.49. The minimum absolute atomic E-state index is 0.307. The fourth-order valence-electron chi connectivity index (χ4n) is 2.40. The Hall–Kier alpha value is -3.00. The van der Waals surface area contributed by atoms with Gasteiger partial charge in [0.25, 0.3) is 5.91 Å². The molecule has 26 heavy (non-hydrogen) atoms. The molecule has 1 aliphatic heterocycles. The van der Waals surface area contributed by atoms with E-state index in [4.69, 9.17) is 4.74 Å².